The van der Waals surface area contributed by atoms with Gasteiger partial charge in [-0.25, -0.2) is 0 Å². The van der Waals surface area contributed by atoms with Crippen molar-refractivity contribution in [2.75, 3.05) is 28.4 Å². The fourth-order valence-corrected chi connectivity index (χ4v) is 4.76. The number of nitrogens with zero attached hydrogens (tertiary/aromatic N) is 2. The summed E-state index contributed by atoms with van der Waals surface area (Å²) < 4.78 is 25.7. The van der Waals surface area contributed by atoms with Crippen LogP contribution in [0.5, 0.6) is 23.0 Å². The van der Waals surface area contributed by atoms with Gasteiger partial charge in [0.1, 0.15) is 28.7 Å². The van der Waals surface area contributed by atoms with Crippen LogP contribution in [-0.4, -0.2) is 33.4 Å². The van der Waals surface area contributed by atoms with E-state index >= 15 is 0 Å². The van der Waals surface area contributed by atoms with Crippen LogP contribution in [0, 0.1) is 0 Å². The predicted molar refractivity (Wildman–Crippen MR) is 154 cm³/mol. The molecule has 6 nitrogen and oxygen atoms in total. The topological polar surface area (TPSA) is 53.7 Å². The van der Waals surface area contributed by atoms with Crippen LogP contribution in [0.15, 0.2) is 79.0 Å². The van der Waals surface area contributed by atoms with E-state index in [1.807, 2.05) is 66.9 Å². The van der Waals surface area contributed by atoms with Crippen LogP contribution in [0.2, 0.25) is 0 Å². The SMILES string of the molecule is COc1cccc(OC)c1-c1c2c(OC)cccc2[n+](Cc2ccccn2)c2cccc(OC)c12.[Cl][Fe]([Cl])[Cl]. The fraction of sp³-hybridized carbons (Fsp3) is 0.172. The normalized spacial score (nSPS) is 11.0. The first-order valence-electron chi connectivity index (χ1n) is 11.7. The van der Waals surface area contributed by atoms with Crippen molar-refractivity contribution in [3.63, 3.8) is 0 Å². The van der Waals surface area contributed by atoms with Gasteiger partial charge in [-0.15, -0.1) is 0 Å². The molecule has 0 radical (unpaired) electrons. The van der Waals surface area contributed by atoms with E-state index in [1.54, 1.807) is 28.4 Å². The van der Waals surface area contributed by atoms with Crippen molar-refractivity contribution < 1.29 is 34.7 Å². The van der Waals surface area contributed by atoms with E-state index in [-0.39, 0.29) is 0 Å². The van der Waals surface area contributed by atoms with E-state index in [2.05, 4.69) is 21.7 Å². The van der Waals surface area contributed by atoms with Crippen molar-refractivity contribution in [3.05, 3.63) is 84.7 Å². The Kier molecular flexibility index (Phi) is 10.0. The predicted octanol–water partition coefficient (Wildman–Crippen LogP) is 7.49. The molecule has 5 aromatic rings. The second kappa shape index (κ2) is 13.4. The third-order valence-electron chi connectivity index (χ3n) is 6.25. The Hall–Kier alpha value is -2.93. The Morgan fingerprint density at radius 2 is 1.08 bits per heavy atom. The average Bonchev–Trinajstić information content (AvgIpc) is 2.96. The van der Waals surface area contributed by atoms with E-state index < -0.39 is 11.2 Å². The molecule has 0 atom stereocenters. The summed E-state index contributed by atoms with van der Waals surface area (Å²) in [5.41, 5.74) is 4.72. The monoisotopic (exact) mass is 628 g/mol. The molecule has 3 aromatic carbocycles. The second-order valence-electron chi connectivity index (χ2n) is 8.18. The summed E-state index contributed by atoms with van der Waals surface area (Å²) in [4.78, 5) is 4.58. The average molecular weight is 630 g/mol. The molecule has 0 aliphatic heterocycles. The van der Waals surface area contributed by atoms with Crippen LogP contribution in [0.3, 0.4) is 0 Å². The number of fused-ring (bicyclic) bond motifs is 2. The number of benzene rings is 3. The van der Waals surface area contributed by atoms with Crippen LogP contribution < -0.4 is 23.5 Å². The van der Waals surface area contributed by atoms with Crippen molar-refractivity contribution >= 4 is 52.1 Å². The molecular formula is C29H27Cl3FeN2O4+. The molecule has 0 fully saturated rings. The van der Waals surface area contributed by atoms with Gasteiger partial charge in [0.2, 0.25) is 11.0 Å². The Balaban J connectivity index is 0.000000826. The van der Waals surface area contributed by atoms with Gasteiger partial charge in [-0.1, -0.05) is 24.3 Å². The van der Waals surface area contributed by atoms with Crippen molar-refractivity contribution in [3.8, 4) is 34.1 Å². The van der Waals surface area contributed by atoms with Gasteiger partial charge in [0.05, 0.1) is 44.8 Å². The van der Waals surface area contributed by atoms with Gasteiger partial charge in [-0.2, -0.15) is 4.57 Å². The Bertz CT molecular complexity index is 1500. The molecule has 0 amide bonds. The third-order valence-corrected chi connectivity index (χ3v) is 6.25. The summed E-state index contributed by atoms with van der Waals surface area (Å²) in [5.74, 6) is 2.89. The molecular weight excluding hydrogens is 603 g/mol. The van der Waals surface area contributed by atoms with Gasteiger partial charge < -0.3 is 18.9 Å². The molecule has 10 heteroatoms. The first-order chi connectivity index (χ1) is 18.9. The zero-order chi connectivity index (χ0) is 27.9. The summed E-state index contributed by atoms with van der Waals surface area (Å²) in [6.07, 6.45) is 1.81. The molecule has 5 rings (SSSR count). The first kappa shape index (κ1) is 29.1. The van der Waals surface area contributed by atoms with E-state index in [0.29, 0.717) is 18.0 Å². The van der Waals surface area contributed by atoms with Crippen LogP contribution >= 0.6 is 30.3 Å². The van der Waals surface area contributed by atoms with E-state index in [4.69, 9.17) is 49.2 Å². The maximum absolute atomic E-state index is 5.91. The number of hydrogen-bond donors (Lipinski definition) is 0. The summed E-state index contributed by atoms with van der Waals surface area (Å²) in [6.45, 7) is 0.581. The molecule has 39 heavy (non-hydrogen) atoms. The minimum atomic E-state index is -1.33. The number of halogens is 3. The fourth-order valence-electron chi connectivity index (χ4n) is 4.76. The van der Waals surface area contributed by atoms with Gasteiger partial charge in [-0.3, -0.25) is 4.98 Å². The Labute approximate surface area is 244 Å². The van der Waals surface area contributed by atoms with Crippen LogP contribution in [0.1, 0.15) is 5.69 Å². The third kappa shape index (κ3) is 6.13. The van der Waals surface area contributed by atoms with Crippen molar-refractivity contribution in [1.82, 2.24) is 4.98 Å². The first-order valence-corrected chi connectivity index (χ1v) is 16.3. The Morgan fingerprint density at radius 1 is 0.615 bits per heavy atom. The molecule has 0 N–H and O–H groups in total. The minimum absolute atomic E-state index is 0.581. The van der Waals surface area contributed by atoms with E-state index in [1.165, 1.54) is 0 Å². The standard InChI is InChI=1S/C29H27N2O4.3ClH.Fe/c1-32-22-13-7-11-20-26(22)29(28-24(34-3)15-9-16-25(28)35-4)27-21(12-8-14-23(27)33-2)31(20)18-19-10-5-6-17-30-19;;;;/h5-17H,18H2,1-4H3;3*1H;/q+1;;;;+3/p-3. The zero-order valence-electron chi connectivity index (χ0n) is 21.7. The maximum atomic E-state index is 5.91. The molecule has 0 aliphatic rings. The Morgan fingerprint density at radius 3 is 1.51 bits per heavy atom. The zero-order valence-corrected chi connectivity index (χ0v) is 25.1. The van der Waals surface area contributed by atoms with E-state index in [0.717, 1.165) is 50.1 Å². The van der Waals surface area contributed by atoms with Gasteiger partial charge in [0, 0.05) is 23.9 Å². The quantitative estimate of drug-likeness (QED) is 0.106. The number of hydrogen-bond acceptors (Lipinski definition) is 5. The van der Waals surface area contributed by atoms with Crippen molar-refractivity contribution in [2.24, 2.45) is 0 Å². The summed E-state index contributed by atoms with van der Waals surface area (Å²) in [7, 11) is 21.4. The number of rotatable bonds is 7. The molecule has 2 aromatic heterocycles. The molecule has 205 valence electrons. The van der Waals surface area contributed by atoms with Crippen LogP contribution in [0.4, 0.5) is 0 Å². The number of ether oxygens (including phenoxy) is 4. The molecule has 2 heterocycles. The molecule has 0 spiro atoms. The van der Waals surface area contributed by atoms with Crippen molar-refractivity contribution in [1.29, 1.82) is 0 Å². The number of methoxy groups -OCH3 is 4. The molecule has 0 saturated heterocycles. The number of aromatic nitrogens is 2. The van der Waals surface area contributed by atoms with Crippen LogP contribution in [-0.2, 0) is 17.7 Å². The summed E-state index contributed by atoms with van der Waals surface area (Å²) in [5, 5.41) is 1.87. The molecule has 0 aliphatic carbocycles. The second-order valence-corrected chi connectivity index (χ2v) is 13.7. The van der Waals surface area contributed by atoms with Gasteiger partial charge >= 0.3 is 41.5 Å². The summed E-state index contributed by atoms with van der Waals surface area (Å²) >= 11 is -1.33. The molecule has 0 bridgehead atoms. The molecule has 0 unspecified atom stereocenters. The van der Waals surface area contributed by atoms with Crippen molar-refractivity contribution in [2.45, 2.75) is 6.54 Å². The van der Waals surface area contributed by atoms with E-state index in [9.17, 15) is 0 Å². The molecule has 0 saturated carbocycles. The van der Waals surface area contributed by atoms with Gasteiger partial charge in [0.25, 0.3) is 0 Å². The number of pyridine rings is 2. The van der Waals surface area contributed by atoms with Crippen LogP contribution in [0.25, 0.3) is 32.9 Å². The van der Waals surface area contributed by atoms with Gasteiger partial charge in [0.15, 0.2) is 6.54 Å². The van der Waals surface area contributed by atoms with Gasteiger partial charge in [-0.05, 0) is 36.4 Å². The summed E-state index contributed by atoms with van der Waals surface area (Å²) in [6, 6.07) is 23.9.